The molecule has 1 aromatic heterocycles. The highest BCUT2D eigenvalue weighted by Gasteiger charge is 2.50. The van der Waals surface area contributed by atoms with Gasteiger partial charge in [0.2, 0.25) is 0 Å². The van der Waals surface area contributed by atoms with Crippen molar-refractivity contribution >= 4 is 68.4 Å². The summed E-state index contributed by atoms with van der Waals surface area (Å²) in [7, 11) is 0. The summed E-state index contributed by atoms with van der Waals surface area (Å²) in [5.41, 5.74) is 24.1. The van der Waals surface area contributed by atoms with Gasteiger partial charge in [0, 0.05) is 33.7 Å². The molecule has 7 aromatic rings. The Balaban J connectivity index is 1.33. The van der Waals surface area contributed by atoms with Crippen LogP contribution < -0.4 is 26.4 Å². The number of furan rings is 1. The highest BCUT2D eigenvalue weighted by molar-refractivity contribution is 7.00. The molecule has 11 rings (SSSR count). The van der Waals surface area contributed by atoms with E-state index < -0.39 is 0 Å². The van der Waals surface area contributed by atoms with Crippen LogP contribution in [0.25, 0.3) is 22.1 Å². The lowest BCUT2D eigenvalue weighted by atomic mass is 9.35. The second-order valence-electron chi connectivity index (χ2n) is 27.6. The lowest BCUT2D eigenvalue weighted by Crippen LogP contribution is -2.61. The molecule has 2 aliphatic carbocycles. The van der Waals surface area contributed by atoms with E-state index in [9.17, 15) is 0 Å². The first kappa shape index (κ1) is 46.9. The number of hydrogen-bond donors (Lipinski definition) is 0. The molecule has 0 radical (unpaired) electrons. The quantitative estimate of drug-likeness (QED) is 0.165. The standard InChI is InChI=1S/C66H77BN2O/c1-60(2,3)41-23-26-44(27-24-41)68-53-38-49-48(64(12,13)30-31-65(49,14)15)37-51(53)67-57-54(68)34-43(62(7,8)9)35-55(57)69(52-28-25-42(61(4,5)6)33-45(52)40-21-19-18-20-22-40)58-46-36-47-50(39-56(46)70-59(58)67)66(16,17)32-29-63(47,10)11/h18-28,33-39H,29-32H2,1-17H3. The molecule has 0 saturated heterocycles. The largest absolute Gasteiger partial charge is 0.468 e. The second-order valence-corrected chi connectivity index (χ2v) is 27.6. The molecule has 4 aliphatic rings. The molecule has 70 heavy (non-hydrogen) atoms. The maximum absolute atomic E-state index is 7.77. The van der Waals surface area contributed by atoms with Crippen LogP contribution in [0.2, 0.25) is 0 Å². The molecule has 0 unspecified atom stereocenters. The van der Waals surface area contributed by atoms with Crippen molar-refractivity contribution < 1.29 is 4.42 Å². The Hall–Kier alpha value is -5.48. The van der Waals surface area contributed by atoms with Gasteiger partial charge in [-0.25, -0.2) is 0 Å². The minimum absolute atomic E-state index is 0.0191. The van der Waals surface area contributed by atoms with Gasteiger partial charge in [0.15, 0.2) is 0 Å². The van der Waals surface area contributed by atoms with E-state index in [4.69, 9.17) is 4.42 Å². The van der Waals surface area contributed by atoms with Gasteiger partial charge in [-0.1, -0.05) is 172 Å². The number of hydrogen-bond acceptors (Lipinski definition) is 3. The Morgan fingerprint density at radius 2 is 0.957 bits per heavy atom. The van der Waals surface area contributed by atoms with E-state index in [0.29, 0.717) is 0 Å². The molecule has 6 aromatic carbocycles. The van der Waals surface area contributed by atoms with Gasteiger partial charge in [0.25, 0.3) is 6.71 Å². The van der Waals surface area contributed by atoms with Crippen molar-refractivity contribution in [3.8, 4) is 11.1 Å². The van der Waals surface area contributed by atoms with Crippen molar-refractivity contribution in [2.45, 2.75) is 181 Å². The van der Waals surface area contributed by atoms with Gasteiger partial charge in [-0.15, -0.1) is 0 Å². The number of fused-ring (bicyclic) bond motifs is 8. The SMILES string of the molecule is CC(C)(C)c1ccc(N2c3cc4c(cc3B3c5oc6cc7c(cc6c5N(c5ccc(C(C)(C)C)cc5-c5ccccc5)c5cc(C(C)(C)C)cc2c53)C(C)(C)CCC7(C)C)C(C)(C)CCC4(C)C)cc1. The molecular formula is C66H77BN2O. The molecule has 0 N–H and O–H groups in total. The molecule has 3 heterocycles. The zero-order valence-corrected chi connectivity index (χ0v) is 45.6. The summed E-state index contributed by atoms with van der Waals surface area (Å²) in [6, 6.07) is 43.3. The van der Waals surface area contributed by atoms with Crippen LogP contribution in [-0.4, -0.2) is 6.71 Å². The van der Waals surface area contributed by atoms with Gasteiger partial charge in [0.1, 0.15) is 5.58 Å². The highest BCUT2D eigenvalue weighted by Crippen LogP contribution is 2.55. The van der Waals surface area contributed by atoms with E-state index in [-0.39, 0.29) is 44.6 Å². The smallest absolute Gasteiger partial charge is 0.297 e. The molecule has 0 saturated carbocycles. The van der Waals surface area contributed by atoms with Crippen LogP contribution in [0.5, 0.6) is 0 Å². The van der Waals surface area contributed by atoms with Crippen molar-refractivity contribution in [2.75, 3.05) is 9.80 Å². The van der Waals surface area contributed by atoms with E-state index in [1.165, 1.54) is 101 Å². The van der Waals surface area contributed by atoms with Gasteiger partial charge in [-0.05, 0) is 174 Å². The summed E-state index contributed by atoms with van der Waals surface area (Å²) in [5, 5.41) is 1.20. The lowest BCUT2D eigenvalue weighted by molar-refractivity contribution is 0.332. The number of anilines is 6. The van der Waals surface area contributed by atoms with Crippen molar-refractivity contribution in [1.82, 2.24) is 0 Å². The zero-order valence-electron chi connectivity index (χ0n) is 45.6. The molecule has 4 heteroatoms. The summed E-state index contributed by atoms with van der Waals surface area (Å²) >= 11 is 0. The third kappa shape index (κ3) is 7.18. The maximum atomic E-state index is 7.77. The van der Waals surface area contributed by atoms with Crippen molar-refractivity contribution in [3.05, 3.63) is 148 Å². The number of benzene rings is 6. The minimum Gasteiger partial charge on any atom is -0.468 e. The normalized spacial score (nSPS) is 18.5. The molecule has 0 fully saturated rings. The van der Waals surface area contributed by atoms with Crippen LogP contribution in [0.15, 0.2) is 114 Å². The van der Waals surface area contributed by atoms with E-state index in [1.807, 2.05) is 0 Å². The molecule has 0 bridgehead atoms. The van der Waals surface area contributed by atoms with Crippen molar-refractivity contribution in [2.24, 2.45) is 0 Å². The second kappa shape index (κ2) is 15.0. The maximum Gasteiger partial charge on any atom is 0.297 e. The van der Waals surface area contributed by atoms with Gasteiger partial charge < -0.3 is 14.2 Å². The fourth-order valence-corrected chi connectivity index (χ4v) is 12.7. The van der Waals surface area contributed by atoms with Crippen LogP contribution in [0.3, 0.4) is 0 Å². The predicted octanol–water partition coefficient (Wildman–Crippen LogP) is 16.8. The van der Waals surface area contributed by atoms with Gasteiger partial charge in [-0.2, -0.15) is 0 Å². The minimum atomic E-state index is -0.150. The van der Waals surface area contributed by atoms with Crippen LogP contribution in [0, 0.1) is 0 Å². The molecular weight excluding hydrogens is 848 g/mol. The Morgan fingerprint density at radius 1 is 0.457 bits per heavy atom. The van der Waals surface area contributed by atoms with Crippen molar-refractivity contribution in [1.29, 1.82) is 0 Å². The first-order chi connectivity index (χ1) is 32.6. The Morgan fingerprint density at radius 3 is 1.51 bits per heavy atom. The Labute approximate surface area is 421 Å². The monoisotopic (exact) mass is 925 g/mol. The molecule has 0 atom stereocenters. The van der Waals surface area contributed by atoms with E-state index in [1.54, 1.807) is 0 Å². The van der Waals surface area contributed by atoms with Crippen LogP contribution in [0.1, 0.15) is 182 Å². The first-order valence-corrected chi connectivity index (χ1v) is 26.5. The highest BCUT2D eigenvalue weighted by atomic mass is 16.3. The van der Waals surface area contributed by atoms with E-state index >= 15 is 0 Å². The molecule has 0 amide bonds. The molecule has 2 aliphatic heterocycles. The number of nitrogens with zero attached hydrogens (tertiary/aromatic N) is 2. The predicted molar refractivity (Wildman–Crippen MR) is 302 cm³/mol. The van der Waals surface area contributed by atoms with Crippen molar-refractivity contribution in [3.63, 3.8) is 0 Å². The Bertz CT molecular complexity index is 3270. The summed E-state index contributed by atoms with van der Waals surface area (Å²) in [6.07, 6.45) is 4.60. The van der Waals surface area contributed by atoms with E-state index in [0.717, 1.165) is 36.9 Å². The zero-order chi connectivity index (χ0) is 50.0. The summed E-state index contributed by atoms with van der Waals surface area (Å²) in [6.45, 7) is 40.6. The number of rotatable bonds is 3. The van der Waals surface area contributed by atoms with Crippen LogP contribution in [0.4, 0.5) is 34.1 Å². The van der Waals surface area contributed by atoms with Crippen LogP contribution in [-0.2, 0) is 37.9 Å². The molecule has 360 valence electrons. The molecule has 3 nitrogen and oxygen atoms in total. The van der Waals surface area contributed by atoms with Gasteiger partial charge in [-0.3, -0.25) is 0 Å². The average molecular weight is 925 g/mol. The van der Waals surface area contributed by atoms with E-state index in [2.05, 4.69) is 237 Å². The van der Waals surface area contributed by atoms with Gasteiger partial charge in [0.05, 0.1) is 17.0 Å². The summed E-state index contributed by atoms with van der Waals surface area (Å²) < 4.78 is 7.77. The summed E-state index contributed by atoms with van der Waals surface area (Å²) in [5.74, 6) is 0. The lowest BCUT2D eigenvalue weighted by Gasteiger charge is -2.47. The molecule has 0 spiro atoms. The fourth-order valence-electron chi connectivity index (χ4n) is 12.7. The summed E-state index contributed by atoms with van der Waals surface area (Å²) in [4.78, 5) is 5.30. The average Bonchev–Trinajstić information content (AvgIpc) is 3.66. The fraction of sp³-hybridized carbons (Fsp3) is 0.424. The third-order valence-electron chi connectivity index (χ3n) is 17.7. The first-order valence-electron chi connectivity index (χ1n) is 26.5. The Kier molecular flexibility index (Phi) is 10.1. The van der Waals surface area contributed by atoms with Crippen LogP contribution >= 0.6 is 0 Å². The van der Waals surface area contributed by atoms with Gasteiger partial charge >= 0.3 is 0 Å². The third-order valence-corrected chi connectivity index (χ3v) is 17.7. The topological polar surface area (TPSA) is 19.6 Å².